The van der Waals surface area contributed by atoms with Gasteiger partial charge >= 0.3 is 0 Å². The van der Waals surface area contributed by atoms with Crippen LogP contribution in [0.1, 0.15) is 10.4 Å². The molecular formula is C13H10BrClN2O2. The molecule has 4 N–H and O–H groups in total. The van der Waals surface area contributed by atoms with Gasteiger partial charge in [0.15, 0.2) is 0 Å². The molecule has 6 heteroatoms. The zero-order valence-electron chi connectivity index (χ0n) is 9.69. The van der Waals surface area contributed by atoms with Gasteiger partial charge in [0.05, 0.1) is 10.0 Å². The van der Waals surface area contributed by atoms with E-state index in [1.165, 1.54) is 6.07 Å². The van der Waals surface area contributed by atoms with E-state index in [9.17, 15) is 4.79 Å². The Hall–Kier alpha value is -1.72. The number of benzene rings is 2. The van der Waals surface area contributed by atoms with Crippen LogP contribution >= 0.6 is 27.5 Å². The van der Waals surface area contributed by atoms with Crippen molar-refractivity contribution in [3.05, 3.63) is 51.5 Å². The number of hydrogen-bond acceptors (Lipinski definition) is 3. The molecule has 4 nitrogen and oxygen atoms in total. The second-order valence-corrected chi connectivity index (χ2v) is 5.09. The molecule has 19 heavy (non-hydrogen) atoms. The fourth-order valence-electron chi connectivity index (χ4n) is 1.50. The van der Waals surface area contributed by atoms with Gasteiger partial charge in [0.2, 0.25) is 0 Å². The predicted molar refractivity (Wildman–Crippen MR) is 78.6 cm³/mol. The number of nitrogen functional groups attached to an aromatic ring is 1. The SMILES string of the molecule is NC(=O)c1ccc(N)cc1Oc1ccc(Cl)cc1Br. The minimum absolute atomic E-state index is 0.260. The van der Waals surface area contributed by atoms with E-state index in [1.807, 2.05) is 0 Å². The molecule has 2 rings (SSSR count). The number of carbonyl (C=O) groups is 1. The molecular weight excluding hydrogens is 332 g/mol. The van der Waals surface area contributed by atoms with Crippen LogP contribution in [0.3, 0.4) is 0 Å². The normalized spacial score (nSPS) is 10.2. The van der Waals surface area contributed by atoms with Gasteiger partial charge in [-0.3, -0.25) is 4.79 Å². The number of carbonyl (C=O) groups excluding carboxylic acids is 1. The van der Waals surface area contributed by atoms with Crippen LogP contribution in [0.15, 0.2) is 40.9 Å². The van der Waals surface area contributed by atoms with E-state index < -0.39 is 5.91 Å². The monoisotopic (exact) mass is 340 g/mol. The Morgan fingerprint density at radius 2 is 1.89 bits per heavy atom. The summed E-state index contributed by atoms with van der Waals surface area (Å²) in [7, 11) is 0. The first-order chi connectivity index (χ1) is 8.97. The number of primary amides is 1. The Balaban J connectivity index is 2.42. The van der Waals surface area contributed by atoms with Crippen LogP contribution < -0.4 is 16.2 Å². The molecule has 2 aromatic rings. The summed E-state index contributed by atoms with van der Waals surface area (Å²) in [6.45, 7) is 0. The largest absolute Gasteiger partial charge is 0.455 e. The van der Waals surface area contributed by atoms with Gasteiger partial charge in [-0.05, 0) is 46.3 Å². The van der Waals surface area contributed by atoms with Crippen molar-refractivity contribution >= 4 is 39.1 Å². The first kappa shape index (κ1) is 13.7. The molecule has 0 unspecified atom stereocenters. The molecule has 0 heterocycles. The summed E-state index contributed by atoms with van der Waals surface area (Å²) in [5.74, 6) is 0.230. The summed E-state index contributed by atoms with van der Waals surface area (Å²) in [6, 6.07) is 9.70. The standard InChI is InChI=1S/C13H10BrClN2O2/c14-10-5-7(15)1-4-11(10)19-12-6-8(16)2-3-9(12)13(17)18/h1-6H,16H2,(H2,17,18). The van der Waals surface area contributed by atoms with Gasteiger partial charge < -0.3 is 16.2 Å². The van der Waals surface area contributed by atoms with Gasteiger partial charge in [-0.2, -0.15) is 0 Å². The minimum Gasteiger partial charge on any atom is -0.455 e. The molecule has 0 aliphatic rings. The van der Waals surface area contributed by atoms with Crippen molar-refractivity contribution in [2.75, 3.05) is 5.73 Å². The smallest absolute Gasteiger partial charge is 0.252 e. The van der Waals surface area contributed by atoms with Crippen LogP contribution in [0, 0.1) is 0 Å². The zero-order chi connectivity index (χ0) is 14.0. The van der Waals surface area contributed by atoms with Crippen LogP contribution in [0.5, 0.6) is 11.5 Å². The minimum atomic E-state index is -0.583. The van der Waals surface area contributed by atoms with Crippen molar-refractivity contribution < 1.29 is 9.53 Å². The lowest BCUT2D eigenvalue weighted by molar-refractivity contribution is 0.0998. The van der Waals surface area contributed by atoms with Crippen molar-refractivity contribution in [2.24, 2.45) is 5.73 Å². The van der Waals surface area contributed by atoms with E-state index in [2.05, 4.69) is 15.9 Å². The number of halogens is 2. The van der Waals surface area contributed by atoms with Crippen molar-refractivity contribution in [1.82, 2.24) is 0 Å². The second kappa shape index (κ2) is 5.50. The molecule has 0 spiro atoms. The highest BCUT2D eigenvalue weighted by molar-refractivity contribution is 9.10. The molecule has 0 aliphatic carbocycles. The third kappa shape index (κ3) is 3.19. The first-order valence-electron chi connectivity index (χ1n) is 5.29. The highest BCUT2D eigenvalue weighted by Crippen LogP contribution is 2.34. The number of hydrogen-bond donors (Lipinski definition) is 2. The maximum atomic E-state index is 11.3. The topological polar surface area (TPSA) is 78.3 Å². The molecule has 1 amide bonds. The van der Waals surface area contributed by atoms with Crippen LogP contribution in [0.2, 0.25) is 5.02 Å². The lowest BCUT2D eigenvalue weighted by atomic mass is 10.1. The number of amides is 1. The predicted octanol–water partition coefficient (Wildman–Crippen LogP) is 3.58. The first-order valence-corrected chi connectivity index (χ1v) is 6.46. The van der Waals surface area contributed by atoms with E-state index in [0.29, 0.717) is 26.7 Å². The van der Waals surface area contributed by atoms with Crippen LogP contribution in [-0.4, -0.2) is 5.91 Å². The van der Waals surface area contributed by atoms with Crippen LogP contribution in [-0.2, 0) is 0 Å². The van der Waals surface area contributed by atoms with E-state index >= 15 is 0 Å². The van der Waals surface area contributed by atoms with E-state index in [0.717, 1.165) is 0 Å². The molecule has 0 aliphatic heterocycles. The number of ether oxygens (including phenoxy) is 1. The quantitative estimate of drug-likeness (QED) is 0.838. The average molecular weight is 342 g/mol. The highest BCUT2D eigenvalue weighted by Gasteiger charge is 2.12. The lowest BCUT2D eigenvalue weighted by Gasteiger charge is -2.11. The number of anilines is 1. The summed E-state index contributed by atoms with van der Waals surface area (Å²) < 4.78 is 6.32. The van der Waals surface area contributed by atoms with E-state index in [1.54, 1.807) is 30.3 Å². The number of nitrogens with two attached hydrogens (primary N) is 2. The van der Waals surface area contributed by atoms with Crippen molar-refractivity contribution in [3.8, 4) is 11.5 Å². The maximum absolute atomic E-state index is 11.3. The van der Waals surface area contributed by atoms with Gasteiger partial charge in [0.1, 0.15) is 11.5 Å². The highest BCUT2D eigenvalue weighted by atomic mass is 79.9. The summed E-state index contributed by atoms with van der Waals surface area (Å²) in [4.78, 5) is 11.3. The summed E-state index contributed by atoms with van der Waals surface area (Å²) >= 11 is 9.18. The van der Waals surface area contributed by atoms with Gasteiger partial charge in [-0.15, -0.1) is 0 Å². The molecule has 0 saturated carbocycles. The van der Waals surface area contributed by atoms with E-state index in [-0.39, 0.29) is 5.56 Å². The molecule has 0 aromatic heterocycles. The molecule has 98 valence electrons. The number of rotatable bonds is 3. The Morgan fingerprint density at radius 3 is 2.53 bits per heavy atom. The summed E-state index contributed by atoms with van der Waals surface area (Å²) in [6.07, 6.45) is 0. The van der Waals surface area contributed by atoms with Gasteiger partial charge in [0, 0.05) is 16.8 Å². The lowest BCUT2D eigenvalue weighted by Crippen LogP contribution is -2.12. The van der Waals surface area contributed by atoms with Crippen LogP contribution in [0.4, 0.5) is 5.69 Å². The molecule has 0 fully saturated rings. The van der Waals surface area contributed by atoms with Crippen molar-refractivity contribution in [2.45, 2.75) is 0 Å². The Labute approximate surface area is 123 Å². The summed E-state index contributed by atoms with van der Waals surface area (Å²) in [5, 5.41) is 0.571. The summed E-state index contributed by atoms with van der Waals surface area (Å²) in [5.41, 5.74) is 11.7. The molecule has 0 atom stereocenters. The molecule has 0 bridgehead atoms. The van der Waals surface area contributed by atoms with E-state index in [4.69, 9.17) is 27.8 Å². The second-order valence-electron chi connectivity index (χ2n) is 3.80. The van der Waals surface area contributed by atoms with Gasteiger partial charge in [0.25, 0.3) is 5.91 Å². The molecule has 2 aromatic carbocycles. The third-order valence-electron chi connectivity index (χ3n) is 2.38. The fraction of sp³-hybridized carbons (Fsp3) is 0. The Kier molecular flexibility index (Phi) is 3.97. The zero-order valence-corrected chi connectivity index (χ0v) is 12.0. The molecule has 0 radical (unpaired) electrons. The van der Waals surface area contributed by atoms with Crippen molar-refractivity contribution in [1.29, 1.82) is 0 Å². The van der Waals surface area contributed by atoms with Gasteiger partial charge in [-0.25, -0.2) is 0 Å². The average Bonchev–Trinajstić information content (AvgIpc) is 2.32. The Bertz CT molecular complexity index is 647. The molecule has 0 saturated heterocycles. The van der Waals surface area contributed by atoms with Crippen LogP contribution in [0.25, 0.3) is 0 Å². The maximum Gasteiger partial charge on any atom is 0.252 e. The van der Waals surface area contributed by atoms with Gasteiger partial charge in [-0.1, -0.05) is 11.6 Å². The fourth-order valence-corrected chi connectivity index (χ4v) is 2.27. The van der Waals surface area contributed by atoms with Crippen molar-refractivity contribution in [3.63, 3.8) is 0 Å². The Morgan fingerprint density at radius 1 is 1.16 bits per heavy atom. The third-order valence-corrected chi connectivity index (χ3v) is 3.24.